The highest BCUT2D eigenvalue weighted by Gasteiger charge is 2.42. The van der Waals surface area contributed by atoms with Crippen LogP contribution in [0, 0.1) is 0 Å². The molecule has 0 N–H and O–H groups in total. The molecule has 2 aliphatic heterocycles. The molecule has 0 aliphatic carbocycles. The van der Waals surface area contributed by atoms with Crippen molar-refractivity contribution in [3.8, 4) is 0 Å². The van der Waals surface area contributed by atoms with Crippen LogP contribution >= 0.6 is 11.6 Å². The second-order valence-corrected chi connectivity index (χ2v) is 7.80. The third-order valence-corrected chi connectivity index (χ3v) is 4.77. The molecule has 1 amide bonds. The Morgan fingerprint density at radius 3 is 2.65 bits per heavy atom. The number of amides is 1. The summed E-state index contributed by atoms with van der Waals surface area (Å²) in [6.07, 6.45) is 2.23. The van der Waals surface area contributed by atoms with E-state index >= 15 is 0 Å². The molecule has 1 aromatic rings. The molecule has 5 heteroatoms. The van der Waals surface area contributed by atoms with Crippen molar-refractivity contribution in [2.45, 2.75) is 51.2 Å². The molecule has 4 nitrogen and oxygen atoms in total. The SMILES string of the molecule is CC(C)(C)OC(=O)N1CCC2(CC1)OCCc1ccc(Cl)cc12. The second-order valence-electron chi connectivity index (χ2n) is 7.36. The van der Waals surface area contributed by atoms with Gasteiger partial charge in [0.15, 0.2) is 0 Å². The number of nitrogens with zero attached hydrogens (tertiary/aromatic N) is 1. The molecule has 0 atom stereocenters. The van der Waals surface area contributed by atoms with E-state index in [4.69, 9.17) is 21.1 Å². The molecule has 2 heterocycles. The summed E-state index contributed by atoms with van der Waals surface area (Å²) >= 11 is 6.19. The van der Waals surface area contributed by atoms with Crippen LogP contribution in [-0.4, -0.2) is 36.3 Å². The first-order valence-electron chi connectivity index (χ1n) is 8.20. The molecule has 0 saturated carbocycles. The highest BCUT2D eigenvalue weighted by molar-refractivity contribution is 6.30. The number of halogens is 1. The van der Waals surface area contributed by atoms with E-state index in [1.54, 1.807) is 4.90 Å². The average Bonchev–Trinajstić information content (AvgIpc) is 2.47. The molecular formula is C18H24ClNO3. The number of benzene rings is 1. The van der Waals surface area contributed by atoms with E-state index in [1.807, 2.05) is 32.9 Å². The van der Waals surface area contributed by atoms with Crippen molar-refractivity contribution in [2.24, 2.45) is 0 Å². The molecule has 0 aromatic heterocycles. The number of carbonyl (C=O) groups is 1. The van der Waals surface area contributed by atoms with Gasteiger partial charge in [-0.1, -0.05) is 17.7 Å². The fourth-order valence-electron chi connectivity index (χ4n) is 3.42. The van der Waals surface area contributed by atoms with Crippen molar-refractivity contribution in [3.63, 3.8) is 0 Å². The maximum absolute atomic E-state index is 12.2. The van der Waals surface area contributed by atoms with E-state index in [1.165, 1.54) is 11.1 Å². The van der Waals surface area contributed by atoms with Crippen molar-refractivity contribution in [3.05, 3.63) is 34.3 Å². The van der Waals surface area contributed by atoms with Gasteiger partial charge in [-0.3, -0.25) is 0 Å². The van der Waals surface area contributed by atoms with Gasteiger partial charge in [-0.15, -0.1) is 0 Å². The predicted octanol–water partition coefficient (Wildman–Crippen LogP) is 4.14. The van der Waals surface area contributed by atoms with Crippen LogP contribution in [-0.2, 0) is 21.5 Å². The van der Waals surface area contributed by atoms with E-state index in [0.717, 1.165) is 30.9 Å². The summed E-state index contributed by atoms with van der Waals surface area (Å²) in [7, 11) is 0. The van der Waals surface area contributed by atoms with E-state index < -0.39 is 5.60 Å². The minimum Gasteiger partial charge on any atom is -0.444 e. The zero-order valence-electron chi connectivity index (χ0n) is 14.0. The van der Waals surface area contributed by atoms with Gasteiger partial charge >= 0.3 is 6.09 Å². The molecule has 1 fully saturated rings. The van der Waals surface area contributed by atoms with Crippen molar-refractivity contribution in [1.29, 1.82) is 0 Å². The molecule has 2 aliphatic rings. The first-order valence-corrected chi connectivity index (χ1v) is 8.58. The van der Waals surface area contributed by atoms with E-state index in [-0.39, 0.29) is 11.7 Å². The van der Waals surface area contributed by atoms with Gasteiger partial charge in [0.05, 0.1) is 12.2 Å². The number of likely N-dealkylation sites (tertiary alicyclic amines) is 1. The molecule has 1 aromatic carbocycles. The first kappa shape index (κ1) is 16.6. The summed E-state index contributed by atoms with van der Waals surface area (Å²) < 4.78 is 11.6. The minimum absolute atomic E-state index is 0.241. The van der Waals surface area contributed by atoms with Crippen molar-refractivity contribution in [2.75, 3.05) is 19.7 Å². The lowest BCUT2D eigenvalue weighted by atomic mass is 9.79. The second kappa shape index (κ2) is 5.99. The van der Waals surface area contributed by atoms with Gasteiger partial charge < -0.3 is 14.4 Å². The van der Waals surface area contributed by atoms with Gasteiger partial charge in [0.2, 0.25) is 0 Å². The van der Waals surface area contributed by atoms with E-state index in [0.29, 0.717) is 13.1 Å². The van der Waals surface area contributed by atoms with Crippen LogP contribution in [0.2, 0.25) is 5.02 Å². The molecule has 1 saturated heterocycles. The monoisotopic (exact) mass is 337 g/mol. The van der Waals surface area contributed by atoms with Crippen LogP contribution < -0.4 is 0 Å². The minimum atomic E-state index is -0.465. The molecule has 0 radical (unpaired) electrons. The van der Waals surface area contributed by atoms with Crippen molar-refractivity contribution >= 4 is 17.7 Å². The largest absolute Gasteiger partial charge is 0.444 e. The maximum Gasteiger partial charge on any atom is 0.410 e. The normalized spacial score (nSPS) is 20.3. The number of carbonyl (C=O) groups excluding carboxylic acids is 1. The Hall–Kier alpha value is -1.26. The van der Waals surface area contributed by atoms with Crippen molar-refractivity contribution in [1.82, 2.24) is 4.90 Å². The Morgan fingerprint density at radius 1 is 1.30 bits per heavy atom. The molecule has 3 rings (SSSR count). The number of ether oxygens (including phenoxy) is 2. The molecule has 23 heavy (non-hydrogen) atoms. The highest BCUT2D eigenvalue weighted by Crippen LogP contribution is 2.42. The number of hydrogen-bond donors (Lipinski definition) is 0. The van der Waals surface area contributed by atoms with Gasteiger partial charge in [-0.25, -0.2) is 4.79 Å². The van der Waals surface area contributed by atoms with Crippen molar-refractivity contribution < 1.29 is 14.3 Å². The Morgan fingerprint density at radius 2 is 2.00 bits per heavy atom. The summed E-state index contributed by atoms with van der Waals surface area (Å²) in [4.78, 5) is 14.0. The highest BCUT2D eigenvalue weighted by atomic mass is 35.5. The number of piperidine rings is 1. The smallest absolute Gasteiger partial charge is 0.410 e. The van der Waals surface area contributed by atoms with Gasteiger partial charge in [0.1, 0.15) is 5.60 Å². The molecule has 0 bridgehead atoms. The standard InChI is InChI=1S/C18H24ClNO3/c1-17(2,3)23-16(21)20-9-7-18(8-10-20)15-12-14(19)5-4-13(15)6-11-22-18/h4-5,12H,6-11H2,1-3H3. The van der Waals surface area contributed by atoms with Crippen LogP contribution in [0.5, 0.6) is 0 Å². The van der Waals surface area contributed by atoms with E-state index in [2.05, 4.69) is 6.07 Å². The van der Waals surface area contributed by atoms with Gasteiger partial charge in [0.25, 0.3) is 0 Å². The number of hydrogen-bond acceptors (Lipinski definition) is 3. The summed E-state index contributed by atoms with van der Waals surface area (Å²) in [5, 5.41) is 0.739. The van der Waals surface area contributed by atoms with Crippen LogP contribution in [0.15, 0.2) is 18.2 Å². The zero-order valence-corrected chi connectivity index (χ0v) is 14.8. The Labute approximate surface area is 142 Å². The molecular weight excluding hydrogens is 314 g/mol. The lowest BCUT2D eigenvalue weighted by Gasteiger charge is -2.45. The summed E-state index contributed by atoms with van der Waals surface area (Å²) in [5.41, 5.74) is 1.73. The Kier molecular flexibility index (Phi) is 4.32. The first-order chi connectivity index (χ1) is 10.8. The summed E-state index contributed by atoms with van der Waals surface area (Å²) in [5.74, 6) is 0. The fraction of sp³-hybridized carbons (Fsp3) is 0.611. The zero-order chi connectivity index (χ0) is 16.7. The van der Waals surface area contributed by atoms with Gasteiger partial charge in [-0.05, 0) is 63.3 Å². The Bertz CT molecular complexity index is 601. The van der Waals surface area contributed by atoms with Gasteiger partial charge in [-0.2, -0.15) is 0 Å². The van der Waals surface area contributed by atoms with Crippen LogP contribution in [0.1, 0.15) is 44.7 Å². The molecule has 1 spiro atoms. The quantitative estimate of drug-likeness (QED) is 0.714. The summed E-state index contributed by atoms with van der Waals surface area (Å²) in [6, 6.07) is 6.07. The van der Waals surface area contributed by atoms with E-state index in [9.17, 15) is 4.79 Å². The fourth-order valence-corrected chi connectivity index (χ4v) is 3.59. The van der Waals surface area contributed by atoms with Crippen LogP contribution in [0.3, 0.4) is 0 Å². The maximum atomic E-state index is 12.2. The number of fused-ring (bicyclic) bond motifs is 2. The topological polar surface area (TPSA) is 38.8 Å². The Balaban J connectivity index is 1.74. The summed E-state index contributed by atoms with van der Waals surface area (Å²) in [6.45, 7) is 7.67. The van der Waals surface area contributed by atoms with Crippen LogP contribution in [0.4, 0.5) is 4.79 Å². The molecule has 126 valence electrons. The number of rotatable bonds is 0. The third-order valence-electron chi connectivity index (χ3n) is 4.54. The van der Waals surface area contributed by atoms with Gasteiger partial charge in [0, 0.05) is 18.1 Å². The average molecular weight is 338 g/mol. The predicted molar refractivity (Wildman–Crippen MR) is 89.8 cm³/mol. The van der Waals surface area contributed by atoms with Crippen LogP contribution in [0.25, 0.3) is 0 Å². The third kappa shape index (κ3) is 3.48. The molecule has 0 unspecified atom stereocenters. The lowest BCUT2D eigenvalue weighted by molar-refractivity contribution is -0.0977. The lowest BCUT2D eigenvalue weighted by Crippen LogP contribution is -2.49.